The molecule has 0 radical (unpaired) electrons. The molecule has 1 N–H and O–H groups in total. The molecule has 24 heavy (non-hydrogen) atoms. The number of amides is 1. The van der Waals surface area contributed by atoms with Gasteiger partial charge in [-0.3, -0.25) is 10.1 Å². The quantitative estimate of drug-likeness (QED) is 0.654. The standard InChI is InChI=1S/C19H22N2O3/c1-3-12-24-19(20-14-15-8-5-4-6-9-15)21-18(22)16-10-7-11-17(13-16)23-2/h4-11,13H,3,12,14H2,1-2H3,(H,20,21,22). The maximum Gasteiger partial charge on any atom is 0.292 e. The molecule has 0 spiro atoms. The van der Waals surface area contributed by atoms with Crippen LogP contribution in [-0.2, 0) is 11.3 Å². The Kier molecular flexibility index (Phi) is 6.83. The van der Waals surface area contributed by atoms with Gasteiger partial charge < -0.3 is 9.47 Å². The van der Waals surface area contributed by atoms with Crippen molar-refractivity contribution in [3.63, 3.8) is 0 Å². The van der Waals surface area contributed by atoms with E-state index in [1.165, 1.54) is 0 Å². The fourth-order valence-corrected chi connectivity index (χ4v) is 2.00. The zero-order chi connectivity index (χ0) is 17.2. The molecule has 0 heterocycles. The Balaban J connectivity index is 2.08. The number of rotatable bonds is 6. The van der Waals surface area contributed by atoms with Gasteiger partial charge in [-0.25, -0.2) is 4.99 Å². The summed E-state index contributed by atoms with van der Waals surface area (Å²) in [7, 11) is 1.56. The largest absolute Gasteiger partial charge is 0.497 e. The molecule has 126 valence electrons. The SMILES string of the molecule is CCCOC(=NCc1ccccc1)NC(=O)c1cccc(OC)c1. The van der Waals surface area contributed by atoms with Crippen molar-refractivity contribution in [2.75, 3.05) is 13.7 Å². The lowest BCUT2D eigenvalue weighted by molar-refractivity contribution is 0.0965. The van der Waals surface area contributed by atoms with Crippen LogP contribution in [0.3, 0.4) is 0 Å². The first kappa shape index (κ1) is 17.5. The molecule has 0 aliphatic heterocycles. The van der Waals surface area contributed by atoms with Crippen molar-refractivity contribution >= 4 is 11.9 Å². The van der Waals surface area contributed by atoms with Crippen LogP contribution in [0.5, 0.6) is 5.75 Å². The molecule has 0 aliphatic carbocycles. The van der Waals surface area contributed by atoms with Crippen molar-refractivity contribution in [1.82, 2.24) is 5.32 Å². The van der Waals surface area contributed by atoms with Gasteiger partial charge in [0.2, 0.25) is 0 Å². The molecule has 5 nitrogen and oxygen atoms in total. The van der Waals surface area contributed by atoms with Crippen LogP contribution in [0.2, 0.25) is 0 Å². The van der Waals surface area contributed by atoms with Gasteiger partial charge in [-0.05, 0) is 30.2 Å². The van der Waals surface area contributed by atoms with Gasteiger partial charge in [0.1, 0.15) is 5.75 Å². The van der Waals surface area contributed by atoms with Gasteiger partial charge >= 0.3 is 0 Å². The summed E-state index contributed by atoms with van der Waals surface area (Å²) in [6.45, 7) is 2.93. The van der Waals surface area contributed by atoms with Crippen molar-refractivity contribution in [3.8, 4) is 5.75 Å². The highest BCUT2D eigenvalue weighted by Gasteiger charge is 2.10. The second-order valence-corrected chi connectivity index (χ2v) is 5.14. The predicted octanol–water partition coefficient (Wildman–Crippen LogP) is 3.41. The van der Waals surface area contributed by atoms with Gasteiger partial charge in [-0.2, -0.15) is 0 Å². The fraction of sp³-hybridized carbons (Fsp3) is 0.263. The summed E-state index contributed by atoms with van der Waals surface area (Å²) in [5.74, 6) is 0.344. The minimum absolute atomic E-state index is 0.230. The molecular formula is C19H22N2O3. The van der Waals surface area contributed by atoms with Crippen LogP contribution in [0.15, 0.2) is 59.6 Å². The summed E-state index contributed by atoms with van der Waals surface area (Å²) in [5.41, 5.74) is 1.53. The van der Waals surface area contributed by atoms with Crippen molar-refractivity contribution < 1.29 is 14.3 Å². The number of aliphatic imine (C=N–C) groups is 1. The zero-order valence-corrected chi connectivity index (χ0v) is 14.0. The van der Waals surface area contributed by atoms with Gasteiger partial charge in [-0.1, -0.05) is 43.3 Å². The second kappa shape index (κ2) is 9.35. The molecule has 0 atom stereocenters. The number of benzene rings is 2. The topological polar surface area (TPSA) is 59.9 Å². The molecular weight excluding hydrogens is 304 g/mol. The van der Waals surface area contributed by atoms with E-state index in [9.17, 15) is 4.79 Å². The molecule has 0 saturated heterocycles. The minimum atomic E-state index is -0.281. The first-order chi connectivity index (χ1) is 11.7. The zero-order valence-electron chi connectivity index (χ0n) is 14.0. The Morgan fingerprint density at radius 3 is 2.62 bits per heavy atom. The number of amidine groups is 1. The van der Waals surface area contributed by atoms with E-state index in [0.717, 1.165) is 12.0 Å². The second-order valence-electron chi connectivity index (χ2n) is 5.14. The summed E-state index contributed by atoms with van der Waals surface area (Å²) in [6, 6.07) is 17.0. The van der Waals surface area contributed by atoms with E-state index in [1.54, 1.807) is 31.4 Å². The van der Waals surface area contributed by atoms with E-state index in [2.05, 4.69) is 10.3 Å². The summed E-state index contributed by atoms with van der Waals surface area (Å²) >= 11 is 0. The van der Waals surface area contributed by atoms with Crippen LogP contribution in [0.1, 0.15) is 29.3 Å². The average molecular weight is 326 g/mol. The molecule has 2 rings (SSSR count). The molecule has 1 amide bonds. The van der Waals surface area contributed by atoms with Crippen molar-refractivity contribution in [3.05, 3.63) is 65.7 Å². The third-order valence-electron chi connectivity index (χ3n) is 3.24. The van der Waals surface area contributed by atoms with Crippen LogP contribution in [0.4, 0.5) is 0 Å². The maximum absolute atomic E-state index is 12.4. The number of carbonyl (C=O) groups is 1. The summed E-state index contributed by atoms with van der Waals surface area (Å²) in [5, 5.41) is 2.72. The molecule has 5 heteroatoms. The van der Waals surface area contributed by atoms with Crippen molar-refractivity contribution in [1.29, 1.82) is 0 Å². The predicted molar refractivity (Wildman–Crippen MR) is 94.3 cm³/mol. The third-order valence-corrected chi connectivity index (χ3v) is 3.24. The van der Waals surface area contributed by atoms with Gasteiger partial charge in [0.05, 0.1) is 20.3 Å². The molecule has 0 fully saturated rings. The van der Waals surface area contributed by atoms with E-state index in [4.69, 9.17) is 9.47 Å². The Bertz CT molecular complexity index is 684. The number of hydrogen-bond acceptors (Lipinski definition) is 4. The molecule has 2 aromatic carbocycles. The first-order valence-electron chi connectivity index (χ1n) is 7.89. The summed E-state index contributed by atoms with van der Waals surface area (Å²) < 4.78 is 10.7. The van der Waals surface area contributed by atoms with Crippen molar-refractivity contribution in [2.45, 2.75) is 19.9 Å². The number of nitrogens with zero attached hydrogens (tertiary/aromatic N) is 1. The smallest absolute Gasteiger partial charge is 0.292 e. The lowest BCUT2D eigenvalue weighted by Crippen LogP contribution is -2.33. The number of methoxy groups -OCH3 is 1. The van der Waals surface area contributed by atoms with Gasteiger partial charge in [-0.15, -0.1) is 0 Å². The van der Waals surface area contributed by atoms with E-state index in [-0.39, 0.29) is 11.9 Å². The van der Waals surface area contributed by atoms with Gasteiger partial charge in [0.15, 0.2) is 0 Å². The van der Waals surface area contributed by atoms with E-state index in [0.29, 0.717) is 24.5 Å². The molecule has 0 bridgehead atoms. The third kappa shape index (κ3) is 5.43. The van der Waals surface area contributed by atoms with Crippen LogP contribution < -0.4 is 10.1 Å². The Morgan fingerprint density at radius 1 is 1.12 bits per heavy atom. The number of nitrogens with one attached hydrogen (secondary N) is 1. The Morgan fingerprint density at radius 2 is 1.92 bits per heavy atom. The van der Waals surface area contributed by atoms with E-state index < -0.39 is 0 Å². The normalized spacial score (nSPS) is 11.0. The monoisotopic (exact) mass is 326 g/mol. The molecule has 0 unspecified atom stereocenters. The Hall–Kier alpha value is -2.82. The van der Waals surface area contributed by atoms with Crippen LogP contribution in [-0.4, -0.2) is 25.6 Å². The fourth-order valence-electron chi connectivity index (χ4n) is 2.00. The molecule has 0 aliphatic rings. The van der Waals surface area contributed by atoms with Crippen LogP contribution in [0.25, 0.3) is 0 Å². The van der Waals surface area contributed by atoms with Crippen LogP contribution in [0, 0.1) is 0 Å². The maximum atomic E-state index is 12.4. The highest BCUT2D eigenvalue weighted by Crippen LogP contribution is 2.12. The highest BCUT2D eigenvalue weighted by atomic mass is 16.5. The highest BCUT2D eigenvalue weighted by molar-refractivity contribution is 6.04. The summed E-state index contributed by atoms with van der Waals surface area (Å²) in [4.78, 5) is 16.7. The van der Waals surface area contributed by atoms with E-state index in [1.807, 2.05) is 37.3 Å². The lowest BCUT2D eigenvalue weighted by atomic mass is 10.2. The molecule has 0 saturated carbocycles. The van der Waals surface area contributed by atoms with Crippen LogP contribution >= 0.6 is 0 Å². The molecule has 2 aromatic rings. The number of hydrogen-bond donors (Lipinski definition) is 1. The first-order valence-corrected chi connectivity index (χ1v) is 7.89. The summed E-state index contributed by atoms with van der Waals surface area (Å²) in [6.07, 6.45) is 0.833. The van der Waals surface area contributed by atoms with E-state index >= 15 is 0 Å². The number of carbonyl (C=O) groups excluding carboxylic acids is 1. The average Bonchev–Trinajstić information content (AvgIpc) is 2.64. The Labute approximate surface area is 142 Å². The molecule has 0 aromatic heterocycles. The minimum Gasteiger partial charge on any atom is -0.497 e. The van der Waals surface area contributed by atoms with Gasteiger partial charge in [0, 0.05) is 5.56 Å². The lowest BCUT2D eigenvalue weighted by Gasteiger charge is -2.11. The van der Waals surface area contributed by atoms with Gasteiger partial charge in [0.25, 0.3) is 11.9 Å². The number of ether oxygens (including phenoxy) is 2. The van der Waals surface area contributed by atoms with Crippen molar-refractivity contribution in [2.24, 2.45) is 4.99 Å².